The highest BCUT2D eigenvalue weighted by Gasteiger charge is 2.21. The van der Waals surface area contributed by atoms with Crippen molar-refractivity contribution in [3.05, 3.63) is 24.3 Å². The summed E-state index contributed by atoms with van der Waals surface area (Å²) in [6, 6.07) is 6.68. The summed E-state index contributed by atoms with van der Waals surface area (Å²) in [6.07, 6.45) is 15.1. The van der Waals surface area contributed by atoms with Crippen LogP contribution < -0.4 is 32.4 Å². The summed E-state index contributed by atoms with van der Waals surface area (Å²) < 4.78 is 12.1. The summed E-state index contributed by atoms with van der Waals surface area (Å²) in [5.41, 5.74) is 23.7. The average molecular weight is 649 g/mol. The van der Waals surface area contributed by atoms with E-state index in [1.165, 1.54) is 12.8 Å². The van der Waals surface area contributed by atoms with Gasteiger partial charge in [-0.1, -0.05) is 71.3 Å². The lowest BCUT2D eigenvalue weighted by Crippen LogP contribution is -2.45. The van der Waals surface area contributed by atoms with Crippen LogP contribution in [0.3, 0.4) is 0 Å². The Kier molecular flexibility index (Phi) is 25.1. The molecule has 0 unspecified atom stereocenters. The van der Waals surface area contributed by atoms with Gasteiger partial charge in [0.1, 0.15) is 11.5 Å². The molecule has 1 aromatic rings. The van der Waals surface area contributed by atoms with E-state index in [-0.39, 0.29) is 11.8 Å². The minimum Gasteiger partial charge on any atom is -0.493 e. The van der Waals surface area contributed by atoms with Crippen molar-refractivity contribution in [3.8, 4) is 11.5 Å². The number of carbonyl (C=O) groups is 2. The van der Waals surface area contributed by atoms with Gasteiger partial charge in [0.15, 0.2) is 0 Å². The van der Waals surface area contributed by atoms with Crippen LogP contribution >= 0.6 is 0 Å². The Morgan fingerprint density at radius 2 is 1.02 bits per heavy atom. The van der Waals surface area contributed by atoms with Crippen LogP contribution in [0.2, 0.25) is 0 Å². The van der Waals surface area contributed by atoms with Crippen molar-refractivity contribution < 1.29 is 19.1 Å². The first-order valence-corrected chi connectivity index (χ1v) is 18.2. The first-order chi connectivity index (χ1) is 22.4. The van der Waals surface area contributed by atoms with E-state index in [0.717, 1.165) is 102 Å². The predicted octanol–water partition coefficient (Wildman–Crippen LogP) is 4.95. The number of benzene rings is 1. The van der Waals surface area contributed by atoms with Crippen molar-refractivity contribution in [2.75, 3.05) is 52.5 Å². The van der Waals surface area contributed by atoms with Gasteiger partial charge in [0, 0.05) is 32.2 Å². The van der Waals surface area contributed by atoms with Gasteiger partial charge in [-0.25, -0.2) is 0 Å². The molecule has 0 aromatic heterocycles. The third kappa shape index (κ3) is 19.3. The third-order valence-corrected chi connectivity index (χ3v) is 8.25. The molecule has 1 rings (SSSR count). The normalized spacial score (nSPS) is 12.5. The molecule has 8 N–H and O–H groups in total. The van der Waals surface area contributed by atoms with Crippen LogP contribution in [-0.4, -0.2) is 86.2 Å². The first-order valence-electron chi connectivity index (χ1n) is 18.2. The van der Waals surface area contributed by atoms with Gasteiger partial charge in [-0.15, -0.1) is 0 Å². The van der Waals surface area contributed by atoms with Crippen molar-refractivity contribution in [3.63, 3.8) is 0 Å². The molecular formula is C36H68N6O4. The molecule has 0 bridgehead atoms. The Morgan fingerprint density at radius 3 is 1.41 bits per heavy atom. The Balaban J connectivity index is 2.57. The number of nitrogens with two attached hydrogens (primary N) is 4. The van der Waals surface area contributed by atoms with E-state index in [0.29, 0.717) is 52.2 Å². The molecular weight excluding hydrogens is 580 g/mol. The van der Waals surface area contributed by atoms with Gasteiger partial charge in [-0.3, -0.25) is 9.59 Å². The quantitative estimate of drug-likeness (QED) is 0.0851. The van der Waals surface area contributed by atoms with Crippen molar-refractivity contribution in [2.45, 2.75) is 129 Å². The van der Waals surface area contributed by atoms with Gasteiger partial charge in [0.05, 0.1) is 25.3 Å². The zero-order valence-electron chi connectivity index (χ0n) is 29.3. The van der Waals surface area contributed by atoms with Crippen LogP contribution in [-0.2, 0) is 9.59 Å². The van der Waals surface area contributed by atoms with Crippen molar-refractivity contribution in [1.29, 1.82) is 0 Å². The van der Waals surface area contributed by atoms with Crippen LogP contribution in [0.5, 0.6) is 11.5 Å². The van der Waals surface area contributed by atoms with E-state index in [2.05, 4.69) is 13.8 Å². The fourth-order valence-corrected chi connectivity index (χ4v) is 5.40. The molecule has 0 aliphatic carbocycles. The summed E-state index contributed by atoms with van der Waals surface area (Å²) in [4.78, 5) is 29.9. The monoisotopic (exact) mass is 649 g/mol. The number of ether oxygens (including phenoxy) is 2. The minimum atomic E-state index is -0.475. The van der Waals surface area contributed by atoms with E-state index in [9.17, 15) is 9.59 Å². The molecule has 0 spiro atoms. The van der Waals surface area contributed by atoms with Crippen LogP contribution in [0, 0.1) is 0 Å². The third-order valence-electron chi connectivity index (χ3n) is 8.25. The van der Waals surface area contributed by atoms with Crippen molar-refractivity contribution in [2.24, 2.45) is 22.9 Å². The summed E-state index contributed by atoms with van der Waals surface area (Å²) in [5, 5.41) is 0. The number of rotatable bonds is 30. The molecule has 46 heavy (non-hydrogen) atoms. The van der Waals surface area contributed by atoms with Crippen LogP contribution in [0.4, 0.5) is 0 Å². The van der Waals surface area contributed by atoms with E-state index in [1.54, 1.807) is 0 Å². The van der Waals surface area contributed by atoms with Crippen LogP contribution in [0.15, 0.2) is 24.3 Å². The van der Waals surface area contributed by atoms with Crippen LogP contribution in [0.1, 0.15) is 117 Å². The maximum absolute atomic E-state index is 13.1. The lowest BCUT2D eigenvalue weighted by molar-refractivity contribution is -0.133. The van der Waals surface area contributed by atoms with Gasteiger partial charge in [-0.05, 0) is 76.6 Å². The Morgan fingerprint density at radius 1 is 0.609 bits per heavy atom. The summed E-state index contributed by atoms with van der Waals surface area (Å²) >= 11 is 0. The maximum Gasteiger partial charge on any atom is 0.239 e. The highest BCUT2D eigenvalue weighted by Crippen LogP contribution is 2.20. The maximum atomic E-state index is 13.1. The van der Waals surface area contributed by atoms with E-state index < -0.39 is 12.1 Å². The molecule has 0 saturated carbocycles. The van der Waals surface area contributed by atoms with Crippen molar-refractivity contribution >= 4 is 11.8 Å². The predicted molar refractivity (Wildman–Crippen MR) is 190 cm³/mol. The number of carbonyl (C=O) groups excluding carboxylic acids is 2. The molecule has 0 aliphatic rings. The summed E-state index contributed by atoms with van der Waals surface area (Å²) in [5.74, 6) is 1.51. The zero-order valence-corrected chi connectivity index (χ0v) is 29.3. The number of nitrogens with zero attached hydrogens (tertiary/aromatic N) is 2. The van der Waals surface area contributed by atoms with Gasteiger partial charge >= 0.3 is 0 Å². The van der Waals surface area contributed by atoms with Gasteiger partial charge in [0.25, 0.3) is 0 Å². The number of hydrogen-bond donors (Lipinski definition) is 4. The SMILES string of the molecule is CCCCCCN(CCCOc1cccc(OCCCN(CCCCCC)C(=O)[C@@H](N)CCCCN)c1)C(=O)[C@@H](N)CCCCN. The standard InChI is InChI=1S/C36H68N6O4/c1-3-5-7-13-24-41(35(43)33(39)20-9-11-22-37)26-16-28-45-31-18-15-19-32(30-31)46-29-17-27-42(25-14-8-6-4-2)36(44)34(40)21-10-12-23-38/h15,18-19,30,33-34H,3-14,16-17,20-29,37-40H2,1-2H3/t33-,34-/m0/s1. The number of hydrogen-bond acceptors (Lipinski definition) is 8. The lowest BCUT2D eigenvalue weighted by Gasteiger charge is -2.26. The van der Waals surface area contributed by atoms with Crippen LogP contribution in [0.25, 0.3) is 0 Å². The fourth-order valence-electron chi connectivity index (χ4n) is 5.40. The first kappa shape index (κ1) is 41.6. The molecule has 0 heterocycles. The summed E-state index contributed by atoms with van der Waals surface area (Å²) in [6.45, 7) is 9.30. The fraction of sp³-hybridized carbons (Fsp3) is 0.778. The molecule has 0 aliphatic heterocycles. The van der Waals surface area contributed by atoms with Gasteiger partial charge in [-0.2, -0.15) is 0 Å². The summed E-state index contributed by atoms with van der Waals surface area (Å²) in [7, 11) is 0. The second kappa shape index (κ2) is 27.7. The second-order valence-electron chi connectivity index (χ2n) is 12.4. The average Bonchev–Trinajstić information content (AvgIpc) is 3.06. The topological polar surface area (TPSA) is 163 Å². The Hall–Kier alpha value is -2.40. The molecule has 266 valence electrons. The van der Waals surface area contributed by atoms with Gasteiger partial charge < -0.3 is 42.2 Å². The Bertz CT molecular complexity index is 838. The molecule has 10 heteroatoms. The molecule has 10 nitrogen and oxygen atoms in total. The van der Waals surface area contributed by atoms with E-state index >= 15 is 0 Å². The van der Waals surface area contributed by atoms with Crippen molar-refractivity contribution in [1.82, 2.24) is 9.80 Å². The number of amides is 2. The smallest absolute Gasteiger partial charge is 0.239 e. The molecule has 0 radical (unpaired) electrons. The largest absolute Gasteiger partial charge is 0.493 e. The second-order valence-corrected chi connectivity index (χ2v) is 12.4. The number of unbranched alkanes of at least 4 members (excludes halogenated alkanes) is 8. The zero-order chi connectivity index (χ0) is 33.8. The highest BCUT2D eigenvalue weighted by molar-refractivity contribution is 5.82. The minimum absolute atomic E-state index is 0.0266. The molecule has 1 aromatic carbocycles. The van der Waals surface area contributed by atoms with E-state index in [4.69, 9.17) is 32.4 Å². The molecule has 2 amide bonds. The molecule has 0 saturated heterocycles. The Labute approximate surface area is 280 Å². The van der Waals surface area contributed by atoms with Gasteiger partial charge in [0.2, 0.25) is 11.8 Å². The highest BCUT2D eigenvalue weighted by atomic mass is 16.5. The lowest BCUT2D eigenvalue weighted by atomic mass is 10.1. The van der Waals surface area contributed by atoms with E-state index in [1.807, 2.05) is 34.1 Å². The molecule has 0 fully saturated rings. The molecule has 2 atom stereocenters.